The molecule has 9 heavy (non-hydrogen) atoms. The van der Waals surface area contributed by atoms with Crippen LogP contribution in [-0.4, -0.2) is 0 Å². The van der Waals surface area contributed by atoms with Gasteiger partial charge in [-0.05, 0) is 0 Å². The molecule has 0 spiro atoms. The van der Waals surface area contributed by atoms with Gasteiger partial charge in [0.25, 0.3) is 0 Å². The summed E-state index contributed by atoms with van der Waals surface area (Å²) in [4.78, 5) is 0. The molecule has 0 heterocycles. The smallest absolute Gasteiger partial charge is 0 e. The molecule has 0 nitrogen and oxygen atoms in total. The predicted octanol–water partition coefficient (Wildman–Crippen LogP) is 2.53. The molecule has 0 radical (unpaired) electrons. The van der Waals surface area contributed by atoms with Gasteiger partial charge in [0.15, 0.2) is 0 Å². The summed E-state index contributed by atoms with van der Waals surface area (Å²) < 4.78 is 0. The maximum absolute atomic E-state index is 2.00. The molecule has 0 aliphatic carbocycles. The summed E-state index contributed by atoms with van der Waals surface area (Å²) in [7, 11) is 0. The summed E-state index contributed by atoms with van der Waals surface area (Å²) in [5.41, 5.74) is 0. The minimum absolute atomic E-state index is 0. The number of hydrogen-bond acceptors (Lipinski definition) is 0. The van der Waals surface area contributed by atoms with Crippen molar-refractivity contribution in [3.63, 3.8) is 0 Å². The topological polar surface area (TPSA) is 0 Å². The fourth-order valence-corrected chi connectivity index (χ4v) is 0.385. The van der Waals surface area contributed by atoms with Crippen LogP contribution in [0.2, 0.25) is 0 Å². The van der Waals surface area contributed by atoms with Gasteiger partial charge in [0, 0.05) is 19.5 Å². The average Bonchev–Trinajstić information content (AvgIpc) is 1.72. The molecule has 1 aromatic carbocycles. The van der Waals surface area contributed by atoms with Crippen LogP contribution in [0.1, 0.15) is 0 Å². The molecule has 0 amide bonds. The molecular formula is C6H8Cl2Ru. The molecule has 0 aliphatic heterocycles. The van der Waals surface area contributed by atoms with Crippen LogP contribution in [0.5, 0.6) is 0 Å². The van der Waals surface area contributed by atoms with Crippen molar-refractivity contribution >= 4 is 24.8 Å². The van der Waals surface area contributed by atoms with Gasteiger partial charge in [-0.25, -0.2) is 0 Å². The quantitative estimate of drug-likeness (QED) is 0.622. The number of rotatable bonds is 0. The first-order valence-corrected chi connectivity index (χ1v) is 2.00. The summed E-state index contributed by atoms with van der Waals surface area (Å²) >= 11 is 0. The molecule has 0 saturated carbocycles. The third-order valence-electron chi connectivity index (χ3n) is 0.667. The first kappa shape index (κ1) is 16.2. The van der Waals surface area contributed by atoms with E-state index in [0.717, 1.165) is 0 Å². The molecule has 0 saturated heterocycles. The van der Waals surface area contributed by atoms with Crippen molar-refractivity contribution in [3.05, 3.63) is 36.4 Å². The molecule has 0 aliphatic rings. The molecule has 0 unspecified atom stereocenters. The van der Waals surface area contributed by atoms with Gasteiger partial charge in [0.1, 0.15) is 0 Å². The van der Waals surface area contributed by atoms with Crippen molar-refractivity contribution in [2.24, 2.45) is 0 Å². The van der Waals surface area contributed by atoms with Gasteiger partial charge in [0.2, 0.25) is 0 Å². The van der Waals surface area contributed by atoms with Crippen molar-refractivity contribution in [2.75, 3.05) is 0 Å². The Morgan fingerprint density at radius 2 is 0.556 bits per heavy atom. The summed E-state index contributed by atoms with van der Waals surface area (Å²) in [5, 5.41) is 0. The second kappa shape index (κ2) is 11.3. The van der Waals surface area contributed by atoms with E-state index in [4.69, 9.17) is 0 Å². The molecule has 3 heteroatoms. The zero-order valence-corrected chi connectivity index (χ0v) is 8.01. The first-order chi connectivity index (χ1) is 3.00. The van der Waals surface area contributed by atoms with Crippen molar-refractivity contribution in [1.82, 2.24) is 0 Å². The van der Waals surface area contributed by atoms with E-state index in [1.54, 1.807) is 0 Å². The Hall–Kier alpha value is 0.423. The number of halogens is 2. The summed E-state index contributed by atoms with van der Waals surface area (Å²) in [5.74, 6) is 0. The minimum atomic E-state index is 0. The standard InChI is InChI=1S/C6H6.2ClH.Ru/c1-2-4-6-5-3-1;;;/h1-6H;2*1H;. The van der Waals surface area contributed by atoms with Crippen molar-refractivity contribution in [3.8, 4) is 0 Å². The van der Waals surface area contributed by atoms with Gasteiger partial charge in [0.05, 0.1) is 0 Å². The van der Waals surface area contributed by atoms with E-state index in [0.29, 0.717) is 0 Å². The van der Waals surface area contributed by atoms with E-state index >= 15 is 0 Å². The van der Waals surface area contributed by atoms with Crippen LogP contribution in [0.4, 0.5) is 0 Å². The van der Waals surface area contributed by atoms with Gasteiger partial charge < -0.3 is 0 Å². The van der Waals surface area contributed by atoms with E-state index in [1.807, 2.05) is 36.4 Å². The SMILES string of the molecule is Cl.Cl.[Ru].c1ccccc1. The average molecular weight is 252 g/mol. The third kappa shape index (κ3) is 8.42. The van der Waals surface area contributed by atoms with Crippen molar-refractivity contribution in [1.29, 1.82) is 0 Å². The first-order valence-electron chi connectivity index (χ1n) is 2.00. The Bertz CT molecular complexity index is 83.0. The zero-order chi connectivity index (χ0) is 4.24. The van der Waals surface area contributed by atoms with Crippen molar-refractivity contribution in [2.45, 2.75) is 0 Å². The van der Waals surface area contributed by atoms with Crippen molar-refractivity contribution < 1.29 is 19.5 Å². The van der Waals surface area contributed by atoms with E-state index in [1.165, 1.54) is 0 Å². The van der Waals surface area contributed by atoms with Crippen LogP contribution < -0.4 is 0 Å². The Labute approximate surface area is 80.6 Å². The van der Waals surface area contributed by atoms with Crippen LogP contribution in [0, 0.1) is 0 Å². The fourth-order valence-electron chi connectivity index (χ4n) is 0.385. The van der Waals surface area contributed by atoms with E-state index < -0.39 is 0 Å². The molecular weight excluding hydrogens is 244 g/mol. The normalized spacial score (nSPS) is 5.33. The Morgan fingerprint density at radius 3 is 0.667 bits per heavy atom. The maximum Gasteiger partial charge on any atom is 0 e. The van der Waals surface area contributed by atoms with Crippen LogP contribution in [0.3, 0.4) is 0 Å². The summed E-state index contributed by atoms with van der Waals surface area (Å²) in [6.45, 7) is 0. The summed E-state index contributed by atoms with van der Waals surface area (Å²) in [6, 6.07) is 12.0. The van der Waals surface area contributed by atoms with E-state index in [-0.39, 0.29) is 44.3 Å². The van der Waals surface area contributed by atoms with Gasteiger partial charge in [-0.1, -0.05) is 36.4 Å². The monoisotopic (exact) mass is 252 g/mol. The largest absolute Gasteiger partial charge is 0.147 e. The van der Waals surface area contributed by atoms with E-state index in [2.05, 4.69) is 0 Å². The van der Waals surface area contributed by atoms with Crippen LogP contribution in [0.15, 0.2) is 36.4 Å². The second-order valence-corrected chi connectivity index (χ2v) is 1.15. The maximum atomic E-state index is 2.00. The van der Waals surface area contributed by atoms with Gasteiger partial charge in [-0.15, -0.1) is 24.8 Å². The van der Waals surface area contributed by atoms with Gasteiger partial charge in [-0.3, -0.25) is 0 Å². The van der Waals surface area contributed by atoms with E-state index in [9.17, 15) is 0 Å². The molecule has 0 atom stereocenters. The molecule has 0 fully saturated rings. The zero-order valence-electron chi connectivity index (χ0n) is 4.63. The predicted molar refractivity (Wildman–Crippen MR) is 40.9 cm³/mol. The van der Waals surface area contributed by atoms with Gasteiger partial charge in [-0.2, -0.15) is 0 Å². The number of hydrogen-bond donors (Lipinski definition) is 0. The molecule has 1 rings (SSSR count). The minimum Gasteiger partial charge on any atom is -0.147 e. The van der Waals surface area contributed by atoms with Crippen LogP contribution >= 0.6 is 24.8 Å². The Morgan fingerprint density at radius 1 is 0.444 bits per heavy atom. The van der Waals surface area contributed by atoms with Crippen LogP contribution in [-0.2, 0) is 19.5 Å². The molecule has 54 valence electrons. The molecule has 0 bridgehead atoms. The fraction of sp³-hybridized carbons (Fsp3) is 0. The van der Waals surface area contributed by atoms with Gasteiger partial charge >= 0.3 is 0 Å². The second-order valence-electron chi connectivity index (χ2n) is 1.15. The number of benzene rings is 1. The summed E-state index contributed by atoms with van der Waals surface area (Å²) in [6.07, 6.45) is 0. The molecule has 0 aromatic heterocycles. The Balaban J connectivity index is -0.000000120. The molecule has 0 N–H and O–H groups in total. The Kier molecular flexibility index (Phi) is 20.3. The van der Waals surface area contributed by atoms with Crippen LogP contribution in [0.25, 0.3) is 0 Å². The third-order valence-corrected chi connectivity index (χ3v) is 0.667. The molecule has 1 aromatic rings.